The number of carbonyl (C=O) groups excluding carboxylic acids is 1. The summed E-state index contributed by atoms with van der Waals surface area (Å²) in [5, 5.41) is 27.9. The fourth-order valence-corrected chi connectivity index (χ4v) is 2.30. The fourth-order valence-electron chi connectivity index (χ4n) is 2.30. The summed E-state index contributed by atoms with van der Waals surface area (Å²) >= 11 is 0. The van der Waals surface area contributed by atoms with Crippen molar-refractivity contribution in [2.24, 2.45) is 0 Å². The van der Waals surface area contributed by atoms with Gasteiger partial charge >= 0.3 is 0 Å². The monoisotopic (exact) mass is 302 g/mol. The molecule has 1 aliphatic heterocycles. The zero-order valence-electron chi connectivity index (χ0n) is 11.0. The molecule has 0 spiro atoms. The number of hydrogen-bond acceptors (Lipinski definition) is 5. The van der Waals surface area contributed by atoms with E-state index in [0.717, 1.165) is 24.3 Å². The van der Waals surface area contributed by atoms with Crippen molar-refractivity contribution in [3.63, 3.8) is 0 Å². The maximum atomic E-state index is 13.6. The van der Waals surface area contributed by atoms with Crippen molar-refractivity contribution in [3.8, 4) is 5.75 Å². The first kappa shape index (κ1) is 13.8. The van der Waals surface area contributed by atoms with Gasteiger partial charge in [0.2, 0.25) is 0 Å². The number of rotatable bonds is 2. The minimum atomic E-state index is -0.964. The molecule has 112 valence electrons. The van der Waals surface area contributed by atoms with E-state index in [1.165, 1.54) is 12.1 Å². The van der Waals surface area contributed by atoms with Gasteiger partial charge in [-0.1, -0.05) is 12.1 Å². The molecule has 3 rings (SSSR count). The summed E-state index contributed by atoms with van der Waals surface area (Å²) in [4.78, 5) is 22.2. The van der Waals surface area contributed by atoms with E-state index < -0.39 is 28.6 Å². The van der Waals surface area contributed by atoms with Crippen molar-refractivity contribution in [3.05, 3.63) is 63.5 Å². The summed E-state index contributed by atoms with van der Waals surface area (Å²) in [6.07, 6.45) is -0.964. The molecule has 22 heavy (non-hydrogen) atoms. The molecule has 7 nitrogen and oxygen atoms in total. The highest BCUT2D eigenvalue weighted by molar-refractivity contribution is 6.02. The zero-order valence-corrected chi connectivity index (χ0v) is 11.0. The largest absolute Gasteiger partial charge is 0.872 e. The molecule has 0 bridgehead atoms. The Balaban J connectivity index is 2.03. The van der Waals surface area contributed by atoms with Crippen LogP contribution in [-0.2, 0) is 0 Å². The number of benzene rings is 2. The van der Waals surface area contributed by atoms with Gasteiger partial charge < -0.3 is 15.7 Å². The summed E-state index contributed by atoms with van der Waals surface area (Å²) in [5.74, 6) is -1.85. The Kier molecular flexibility index (Phi) is 3.13. The van der Waals surface area contributed by atoms with Crippen LogP contribution in [0.3, 0.4) is 0 Å². The molecule has 1 aliphatic rings. The second-order valence-corrected chi connectivity index (χ2v) is 4.69. The van der Waals surface area contributed by atoms with E-state index in [4.69, 9.17) is 0 Å². The highest BCUT2D eigenvalue weighted by atomic mass is 19.1. The third kappa shape index (κ3) is 2.20. The van der Waals surface area contributed by atoms with Gasteiger partial charge in [-0.3, -0.25) is 14.9 Å². The Morgan fingerprint density at radius 3 is 2.68 bits per heavy atom. The van der Waals surface area contributed by atoms with Crippen LogP contribution in [0.4, 0.5) is 15.8 Å². The maximum Gasteiger partial charge on any atom is 0.269 e. The lowest BCUT2D eigenvalue weighted by molar-refractivity contribution is -0.385. The lowest BCUT2D eigenvalue weighted by Gasteiger charge is -2.30. The van der Waals surface area contributed by atoms with Crippen LogP contribution >= 0.6 is 0 Å². The van der Waals surface area contributed by atoms with Gasteiger partial charge in [-0.25, -0.2) is 4.39 Å². The molecule has 8 heteroatoms. The summed E-state index contributed by atoms with van der Waals surface area (Å²) in [7, 11) is 0. The minimum Gasteiger partial charge on any atom is -0.872 e. The number of carbonyl (C=O) groups is 1. The fraction of sp³-hybridized carbons (Fsp3) is 0.0714. The van der Waals surface area contributed by atoms with Gasteiger partial charge in [-0.2, -0.15) is 0 Å². The Morgan fingerprint density at radius 1 is 1.18 bits per heavy atom. The Morgan fingerprint density at radius 2 is 1.95 bits per heavy atom. The molecule has 0 aliphatic carbocycles. The van der Waals surface area contributed by atoms with E-state index in [1.807, 2.05) is 0 Å². The predicted octanol–water partition coefficient (Wildman–Crippen LogP) is 1.66. The first-order valence-electron chi connectivity index (χ1n) is 6.28. The van der Waals surface area contributed by atoms with Crippen LogP contribution in [-0.4, -0.2) is 10.8 Å². The number of hydrogen-bond donors (Lipinski definition) is 2. The Labute approximate surface area is 123 Å². The number of nitro benzene ring substituents is 1. The molecule has 0 radical (unpaired) electrons. The van der Waals surface area contributed by atoms with E-state index >= 15 is 0 Å². The van der Waals surface area contributed by atoms with Gasteiger partial charge in [0.1, 0.15) is 12.0 Å². The molecule has 1 amide bonds. The van der Waals surface area contributed by atoms with Gasteiger partial charge in [0.25, 0.3) is 11.6 Å². The third-order valence-corrected chi connectivity index (χ3v) is 3.33. The number of nitrogens with zero attached hydrogens (tertiary/aromatic N) is 1. The van der Waals surface area contributed by atoms with E-state index in [1.54, 1.807) is 0 Å². The van der Waals surface area contributed by atoms with Crippen molar-refractivity contribution in [2.75, 3.05) is 5.32 Å². The van der Waals surface area contributed by atoms with E-state index in [0.29, 0.717) is 0 Å². The molecular weight excluding hydrogens is 293 g/mol. The molecule has 0 saturated heterocycles. The van der Waals surface area contributed by atoms with Gasteiger partial charge in [0, 0.05) is 12.1 Å². The van der Waals surface area contributed by atoms with Crippen LogP contribution in [0.15, 0.2) is 36.4 Å². The number of halogens is 1. The Hall–Kier alpha value is -3.16. The number of nitrogens with one attached hydrogen (secondary N) is 2. The number of non-ortho nitro benzene ring substituents is 1. The van der Waals surface area contributed by atoms with Crippen molar-refractivity contribution in [1.82, 2.24) is 5.32 Å². The quantitative estimate of drug-likeness (QED) is 0.648. The zero-order chi connectivity index (χ0) is 15.9. The van der Waals surface area contributed by atoms with E-state index in [2.05, 4.69) is 10.6 Å². The van der Waals surface area contributed by atoms with Crippen LogP contribution in [0.5, 0.6) is 5.75 Å². The second kappa shape index (κ2) is 4.99. The second-order valence-electron chi connectivity index (χ2n) is 4.69. The molecule has 2 aromatic rings. The van der Waals surface area contributed by atoms with Crippen LogP contribution in [0.25, 0.3) is 0 Å². The van der Waals surface area contributed by atoms with Crippen LogP contribution in [0.2, 0.25) is 0 Å². The molecule has 2 N–H and O–H groups in total. The number of anilines is 1. The van der Waals surface area contributed by atoms with Gasteiger partial charge in [-0.05, 0) is 17.7 Å². The predicted molar refractivity (Wildman–Crippen MR) is 72.8 cm³/mol. The lowest BCUT2D eigenvalue weighted by Crippen LogP contribution is -2.39. The van der Waals surface area contributed by atoms with Crippen molar-refractivity contribution < 1.29 is 19.2 Å². The molecule has 1 atom stereocenters. The summed E-state index contributed by atoms with van der Waals surface area (Å²) in [5.41, 5.74) is -0.190. The van der Waals surface area contributed by atoms with Crippen molar-refractivity contribution >= 4 is 17.3 Å². The first-order chi connectivity index (χ1) is 10.5. The van der Waals surface area contributed by atoms with Crippen LogP contribution in [0.1, 0.15) is 22.1 Å². The molecule has 0 unspecified atom stereocenters. The maximum absolute atomic E-state index is 13.6. The first-order valence-corrected chi connectivity index (χ1v) is 6.28. The number of nitro groups is 1. The van der Waals surface area contributed by atoms with Gasteiger partial charge in [0.15, 0.2) is 0 Å². The number of fused-ring (bicyclic) bond motifs is 1. The van der Waals surface area contributed by atoms with Gasteiger partial charge in [0.05, 0.1) is 16.2 Å². The molecule has 2 aromatic carbocycles. The molecule has 0 fully saturated rings. The summed E-state index contributed by atoms with van der Waals surface area (Å²) in [6.45, 7) is 0. The van der Waals surface area contributed by atoms with Gasteiger partial charge in [-0.15, -0.1) is 5.75 Å². The number of amides is 1. The van der Waals surface area contributed by atoms with Crippen LogP contribution < -0.4 is 15.7 Å². The summed E-state index contributed by atoms with van der Waals surface area (Å²) in [6, 6.07) is 7.29. The molecule has 0 saturated carbocycles. The standard InChI is InChI=1S/C14H10FN3O4/c15-9-2-1-3-10-12(9)14(20)17-13(16-10)8-6-7(18(21)22)4-5-11(8)19/h1-6,13,16,19H,(H,17,20)/p-1/t13-/m0/s1. The average molecular weight is 302 g/mol. The SMILES string of the molecule is O=C1N[C@@H](c2cc([N+](=O)[O-])ccc2[O-])Nc2cccc(F)c21. The van der Waals surface area contributed by atoms with Crippen molar-refractivity contribution in [2.45, 2.75) is 6.17 Å². The Bertz CT molecular complexity index is 794. The highest BCUT2D eigenvalue weighted by Gasteiger charge is 2.28. The molecule has 1 heterocycles. The van der Waals surface area contributed by atoms with E-state index in [9.17, 15) is 24.4 Å². The lowest BCUT2D eigenvalue weighted by atomic mass is 10.0. The molecular formula is C14H9FN3O4-. The molecule has 0 aromatic heterocycles. The third-order valence-electron chi connectivity index (χ3n) is 3.33. The normalized spacial score (nSPS) is 16.4. The minimum absolute atomic E-state index is 0.0115. The smallest absolute Gasteiger partial charge is 0.269 e. The van der Waals surface area contributed by atoms with Crippen molar-refractivity contribution in [1.29, 1.82) is 0 Å². The van der Waals surface area contributed by atoms with Crippen LogP contribution in [0, 0.1) is 15.9 Å². The summed E-state index contributed by atoms with van der Waals surface area (Å²) < 4.78 is 13.6. The van der Waals surface area contributed by atoms with E-state index in [-0.39, 0.29) is 22.5 Å². The average Bonchev–Trinajstić information content (AvgIpc) is 2.47. The topological polar surface area (TPSA) is 107 Å². The highest BCUT2D eigenvalue weighted by Crippen LogP contribution is 2.32.